The molecule has 2 aromatic rings. The maximum Gasteiger partial charge on any atom is 0.273 e. The largest absolute Gasteiger partial charge is 0.318 e. The molecule has 160 valence electrons. The summed E-state index contributed by atoms with van der Waals surface area (Å²) in [7, 11) is 0. The Bertz CT molecular complexity index is 923. The summed E-state index contributed by atoms with van der Waals surface area (Å²) in [4.78, 5) is 13.0. The molecular weight excluding hydrogens is 377 g/mol. The second kappa shape index (κ2) is 9.15. The van der Waals surface area contributed by atoms with Gasteiger partial charge in [0.15, 0.2) is 0 Å². The van der Waals surface area contributed by atoms with Crippen molar-refractivity contribution in [1.82, 2.24) is 9.99 Å². The minimum atomic E-state index is -0.269. The van der Waals surface area contributed by atoms with E-state index in [1.165, 1.54) is 62.8 Å². The first-order valence-corrected chi connectivity index (χ1v) is 11.4. The fourth-order valence-corrected chi connectivity index (χ4v) is 5.37. The van der Waals surface area contributed by atoms with Gasteiger partial charge in [-0.1, -0.05) is 25.7 Å². The second-order valence-corrected chi connectivity index (χ2v) is 8.89. The molecule has 0 spiro atoms. The number of hydrazone groups is 1. The Labute approximate surface area is 178 Å². The van der Waals surface area contributed by atoms with Crippen molar-refractivity contribution in [3.05, 3.63) is 53.1 Å². The molecule has 1 aromatic carbocycles. The lowest BCUT2D eigenvalue weighted by Crippen LogP contribution is -2.31. The summed E-state index contributed by atoms with van der Waals surface area (Å²) < 4.78 is 15.3. The van der Waals surface area contributed by atoms with Crippen LogP contribution in [-0.2, 0) is 0 Å². The van der Waals surface area contributed by atoms with Gasteiger partial charge in [0.1, 0.15) is 5.82 Å². The number of nitrogens with one attached hydrogen (secondary N) is 1. The number of halogens is 1. The topological polar surface area (TPSA) is 46.4 Å². The number of carbonyl (C=O) groups is 1. The molecular formula is C25H32FN3O. The molecule has 4 nitrogen and oxygen atoms in total. The number of aromatic nitrogens is 1. The Balaban J connectivity index is 1.52. The van der Waals surface area contributed by atoms with Crippen molar-refractivity contribution in [3.8, 4) is 5.69 Å². The van der Waals surface area contributed by atoms with Crippen LogP contribution < -0.4 is 5.43 Å². The van der Waals surface area contributed by atoms with Crippen molar-refractivity contribution < 1.29 is 9.18 Å². The third-order valence-corrected chi connectivity index (χ3v) is 6.91. The molecule has 2 aliphatic rings. The van der Waals surface area contributed by atoms with Gasteiger partial charge in [-0.25, -0.2) is 9.82 Å². The number of hydrogen-bond donors (Lipinski definition) is 1. The highest BCUT2D eigenvalue weighted by Crippen LogP contribution is 2.37. The second-order valence-electron chi connectivity index (χ2n) is 8.89. The predicted octanol–water partition coefficient (Wildman–Crippen LogP) is 6.09. The molecule has 1 amide bonds. The maximum atomic E-state index is 13.3. The van der Waals surface area contributed by atoms with E-state index < -0.39 is 0 Å². The Morgan fingerprint density at radius 1 is 1.03 bits per heavy atom. The lowest BCUT2D eigenvalue weighted by molar-refractivity contribution is 0.0953. The van der Waals surface area contributed by atoms with E-state index in [2.05, 4.69) is 10.5 Å². The quantitative estimate of drug-likeness (QED) is 0.610. The number of amides is 1. The van der Waals surface area contributed by atoms with Gasteiger partial charge in [-0.3, -0.25) is 4.79 Å². The Morgan fingerprint density at radius 2 is 1.73 bits per heavy atom. The van der Waals surface area contributed by atoms with Crippen LogP contribution in [0.2, 0.25) is 0 Å². The summed E-state index contributed by atoms with van der Waals surface area (Å²) in [6.45, 7) is 3.88. The Hall–Kier alpha value is -2.43. The summed E-state index contributed by atoms with van der Waals surface area (Å²) in [6.07, 6.45) is 11.3. The fourth-order valence-electron chi connectivity index (χ4n) is 5.37. The van der Waals surface area contributed by atoms with Crippen molar-refractivity contribution in [3.63, 3.8) is 0 Å². The van der Waals surface area contributed by atoms with E-state index >= 15 is 0 Å². The van der Waals surface area contributed by atoms with E-state index in [0.29, 0.717) is 11.5 Å². The van der Waals surface area contributed by atoms with Gasteiger partial charge in [0.25, 0.3) is 5.91 Å². The highest BCUT2D eigenvalue weighted by Gasteiger charge is 2.30. The summed E-state index contributed by atoms with van der Waals surface area (Å²) >= 11 is 0. The lowest BCUT2D eigenvalue weighted by atomic mass is 9.72. The first-order chi connectivity index (χ1) is 14.5. The SMILES string of the molecule is Cc1cc(C(=O)NN=C2CCCCC2C2CCCCC2)c(C)n1-c1ccc(F)cc1. The summed E-state index contributed by atoms with van der Waals surface area (Å²) in [5.74, 6) is 0.830. The number of hydrogen-bond acceptors (Lipinski definition) is 2. The van der Waals surface area contributed by atoms with Gasteiger partial charge in [0.05, 0.1) is 5.56 Å². The molecule has 30 heavy (non-hydrogen) atoms. The van der Waals surface area contributed by atoms with Crippen LogP contribution in [0.4, 0.5) is 4.39 Å². The monoisotopic (exact) mass is 409 g/mol. The van der Waals surface area contributed by atoms with Gasteiger partial charge in [-0.05, 0) is 82.2 Å². The molecule has 2 saturated carbocycles. The molecule has 1 heterocycles. The van der Waals surface area contributed by atoms with Crippen LogP contribution >= 0.6 is 0 Å². The van der Waals surface area contributed by atoms with Crippen LogP contribution in [0.25, 0.3) is 5.69 Å². The molecule has 0 radical (unpaired) electrons. The average Bonchev–Trinajstić information content (AvgIpc) is 3.07. The minimum Gasteiger partial charge on any atom is -0.318 e. The molecule has 0 bridgehead atoms. The van der Waals surface area contributed by atoms with E-state index in [0.717, 1.165) is 35.8 Å². The Morgan fingerprint density at radius 3 is 2.47 bits per heavy atom. The molecule has 4 rings (SSSR count). The molecule has 0 aliphatic heterocycles. The highest BCUT2D eigenvalue weighted by atomic mass is 19.1. The van der Waals surface area contributed by atoms with Crippen molar-refractivity contribution >= 4 is 11.6 Å². The van der Waals surface area contributed by atoms with Crippen LogP contribution in [0.15, 0.2) is 35.4 Å². The third-order valence-electron chi connectivity index (χ3n) is 6.91. The first-order valence-electron chi connectivity index (χ1n) is 11.4. The number of carbonyl (C=O) groups excluding carboxylic acids is 1. The molecule has 2 fully saturated rings. The number of nitrogens with zero attached hydrogens (tertiary/aromatic N) is 2. The van der Waals surface area contributed by atoms with Gasteiger partial charge in [0, 0.05) is 28.7 Å². The van der Waals surface area contributed by atoms with Crippen molar-refractivity contribution in [2.75, 3.05) is 0 Å². The van der Waals surface area contributed by atoms with Gasteiger partial charge >= 0.3 is 0 Å². The number of rotatable bonds is 4. The summed E-state index contributed by atoms with van der Waals surface area (Å²) in [5.41, 5.74) is 7.29. The van der Waals surface area contributed by atoms with Crippen molar-refractivity contribution in [1.29, 1.82) is 0 Å². The van der Waals surface area contributed by atoms with E-state index in [1.807, 2.05) is 24.5 Å². The van der Waals surface area contributed by atoms with E-state index in [9.17, 15) is 9.18 Å². The van der Waals surface area contributed by atoms with Crippen molar-refractivity contribution in [2.45, 2.75) is 71.6 Å². The standard InChI is InChI=1S/C25H32FN3O/c1-17-16-23(18(2)29(17)21-14-12-20(26)13-15-21)25(30)28-27-24-11-7-6-10-22(24)19-8-4-3-5-9-19/h12-16,19,22H,3-11H2,1-2H3,(H,28,30). The zero-order valence-corrected chi connectivity index (χ0v) is 18.1. The number of benzene rings is 1. The van der Waals surface area contributed by atoms with Gasteiger partial charge in [-0.15, -0.1) is 0 Å². The van der Waals surface area contributed by atoms with Gasteiger partial charge in [0.2, 0.25) is 0 Å². The summed E-state index contributed by atoms with van der Waals surface area (Å²) in [6, 6.07) is 8.22. The highest BCUT2D eigenvalue weighted by molar-refractivity contribution is 5.97. The molecule has 5 heteroatoms. The molecule has 1 atom stereocenters. The molecule has 1 N–H and O–H groups in total. The fraction of sp³-hybridized carbons (Fsp3) is 0.520. The molecule has 2 aliphatic carbocycles. The average molecular weight is 410 g/mol. The van der Waals surface area contributed by atoms with E-state index in [1.54, 1.807) is 12.1 Å². The number of aryl methyl sites for hydroxylation is 1. The normalized spacial score (nSPS) is 21.7. The lowest BCUT2D eigenvalue weighted by Gasteiger charge is -2.33. The van der Waals surface area contributed by atoms with Crippen LogP contribution in [-0.4, -0.2) is 16.2 Å². The van der Waals surface area contributed by atoms with Crippen LogP contribution in [0.1, 0.15) is 79.5 Å². The zero-order valence-electron chi connectivity index (χ0n) is 18.1. The zero-order chi connectivity index (χ0) is 21.1. The predicted molar refractivity (Wildman–Crippen MR) is 119 cm³/mol. The molecule has 1 aromatic heterocycles. The summed E-state index contributed by atoms with van der Waals surface area (Å²) in [5, 5.41) is 4.64. The van der Waals surface area contributed by atoms with E-state index in [4.69, 9.17) is 0 Å². The van der Waals surface area contributed by atoms with Crippen LogP contribution in [0.3, 0.4) is 0 Å². The maximum absolute atomic E-state index is 13.3. The smallest absolute Gasteiger partial charge is 0.273 e. The van der Waals surface area contributed by atoms with Crippen LogP contribution in [0, 0.1) is 31.5 Å². The van der Waals surface area contributed by atoms with Gasteiger partial charge in [-0.2, -0.15) is 5.10 Å². The van der Waals surface area contributed by atoms with Crippen molar-refractivity contribution in [2.24, 2.45) is 16.9 Å². The minimum absolute atomic E-state index is 0.170. The third kappa shape index (κ3) is 4.35. The van der Waals surface area contributed by atoms with Crippen LogP contribution in [0.5, 0.6) is 0 Å². The first kappa shape index (κ1) is 20.8. The molecule has 1 unspecified atom stereocenters. The molecule has 0 saturated heterocycles. The van der Waals surface area contributed by atoms with Gasteiger partial charge < -0.3 is 4.57 Å². The van der Waals surface area contributed by atoms with E-state index in [-0.39, 0.29) is 11.7 Å². The Kier molecular flexibility index (Phi) is 6.35.